The van der Waals surface area contributed by atoms with Crippen LogP contribution in [0.25, 0.3) is 0 Å². The second-order valence-corrected chi connectivity index (χ2v) is 4.46. The number of benzene rings is 1. The van der Waals surface area contributed by atoms with Gasteiger partial charge in [-0.15, -0.1) is 0 Å². The first-order valence-corrected chi connectivity index (χ1v) is 6.48. The number of hydrogen-bond donors (Lipinski definition) is 2. The Hall–Kier alpha value is -1.85. The highest BCUT2D eigenvalue weighted by atomic mass is 16.5. The number of hydrogen-bond acceptors (Lipinski definition) is 4. The number of ether oxygens (including phenoxy) is 2. The summed E-state index contributed by atoms with van der Waals surface area (Å²) in [5.74, 6) is 0.672. The highest BCUT2D eigenvalue weighted by Crippen LogP contribution is 2.14. The van der Waals surface area contributed by atoms with Gasteiger partial charge in [-0.05, 0) is 31.2 Å². The summed E-state index contributed by atoms with van der Waals surface area (Å²) in [6.45, 7) is 7.65. The van der Waals surface area contributed by atoms with E-state index in [-0.39, 0.29) is 12.5 Å². The van der Waals surface area contributed by atoms with Crippen LogP contribution in [0, 0.1) is 0 Å². The first kappa shape index (κ1) is 16.2. The molecule has 0 aliphatic heterocycles. The molecule has 0 radical (unpaired) electrons. The fourth-order valence-electron chi connectivity index (χ4n) is 1.47. The topological polar surface area (TPSA) is 59.6 Å². The highest BCUT2D eigenvalue weighted by Gasteiger charge is 2.01. The lowest BCUT2D eigenvalue weighted by atomic mass is 10.3. The predicted molar refractivity (Wildman–Crippen MR) is 80.1 cm³/mol. The molecule has 20 heavy (non-hydrogen) atoms. The van der Waals surface area contributed by atoms with E-state index in [1.807, 2.05) is 6.92 Å². The van der Waals surface area contributed by atoms with Crippen molar-refractivity contribution < 1.29 is 14.3 Å². The van der Waals surface area contributed by atoms with E-state index in [1.165, 1.54) is 0 Å². The molecule has 0 saturated heterocycles. The molecule has 5 heteroatoms. The number of amides is 1. The van der Waals surface area contributed by atoms with Crippen LogP contribution >= 0.6 is 0 Å². The smallest absolute Gasteiger partial charge is 0.238 e. The molecule has 0 heterocycles. The van der Waals surface area contributed by atoms with Crippen LogP contribution in [0.2, 0.25) is 0 Å². The number of methoxy groups -OCH3 is 1. The van der Waals surface area contributed by atoms with E-state index in [2.05, 4.69) is 17.2 Å². The largest absolute Gasteiger partial charge is 0.497 e. The Morgan fingerprint density at radius 3 is 2.60 bits per heavy atom. The Bertz CT molecular complexity index is 429. The van der Waals surface area contributed by atoms with Crippen LogP contribution in [-0.2, 0) is 9.53 Å². The minimum Gasteiger partial charge on any atom is -0.497 e. The molecule has 1 aromatic rings. The maximum atomic E-state index is 11.6. The molecule has 5 nitrogen and oxygen atoms in total. The predicted octanol–water partition coefficient (Wildman–Crippen LogP) is 1.82. The maximum Gasteiger partial charge on any atom is 0.238 e. The van der Waals surface area contributed by atoms with Crippen LogP contribution in [-0.4, -0.2) is 39.3 Å². The third-order valence-electron chi connectivity index (χ3n) is 2.43. The van der Waals surface area contributed by atoms with E-state index >= 15 is 0 Å². The molecule has 0 saturated carbocycles. The van der Waals surface area contributed by atoms with Crippen LogP contribution in [0.1, 0.15) is 6.92 Å². The molecule has 0 atom stereocenters. The molecule has 2 N–H and O–H groups in total. The zero-order valence-corrected chi connectivity index (χ0v) is 12.1. The maximum absolute atomic E-state index is 11.6. The molecular formula is C15H22N2O3. The molecule has 0 fully saturated rings. The normalized spacial score (nSPS) is 10.1. The summed E-state index contributed by atoms with van der Waals surface area (Å²) in [5.41, 5.74) is 1.73. The average molecular weight is 278 g/mol. The molecule has 1 amide bonds. The van der Waals surface area contributed by atoms with Gasteiger partial charge in [-0.1, -0.05) is 12.2 Å². The second-order valence-electron chi connectivity index (χ2n) is 4.46. The van der Waals surface area contributed by atoms with Gasteiger partial charge in [-0.2, -0.15) is 0 Å². The Morgan fingerprint density at radius 2 is 2.00 bits per heavy atom. The Balaban J connectivity index is 2.15. The SMILES string of the molecule is C=C(C)COCCNCC(=O)Nc1ccc(OC)cc1. The van der Waals surface area contributed by atoms with E-state index < -0.39 is 0 Å². The van der Waals surface area contributed by atoms with Crippen LogP contribution in [0.3, 0.4) is 0 Å². The standard InChI is InChI=1S/C15H22N2O3/c1-12(2)11-20-9-8-16-10-15(18)17-13-4-6-14(19-3)7-5-13/h4-7,16H,1,8-11H2,2-3H3,(H,17,18). The molecule has 1 rings (SSSR count). The molecule has 0 aliphatic carbocycles. The average Bonchev–Trinajstić information content (AvgIpc) is 2.43. The van der Waals surface area contributed by atoms with Gasteiger partial charge in [0.15, 0.2) is 0 Å². The number of carbonyl (C=O) groups excluding carboxylic acids is 1. The van der Waals surface area contributed by atoms with E-state index in [1.54, 1.807) is 31.4 Å². The van der Waals surface area contributed by atoms with E-state index in [9.17, 15) is 4.79 Å². The summed E-state index contributed by atoms with van der Waals surface area (Å²) >= 11 is 0. The van der Waals surface area contributed by atoms with Gasteiger partial charge in [-0.25, -0.2) is 0 Å². The van der Waals surface area contributed by atoms with Crippen molar-refractivity contribution in [3.63, 3.8) is 0 Å². The van der Waals surface area contributed by atoms with Gasteiger partial charge < -0.3 is 20.1 Å². The molecule has 110 valence electrons. The Morgan fingerprint density at radius 1 is 1.30 bits per heavy atom. The summed E-state index contributed by atoms with van der Waals surface area (Å²) in [4.78, 5) is 11.6. The summed E-state index contributed by atoms with van der Waals surface area (Å²) in [7, 11) is 1.60. The number of carbonyl (C=O) groups is 1. The van der Waals surface area contributed by atoms with Gasteiger partial charge in [0.25, 0.3) is 0 Å². The molecule has 0 bridgehead atoms. The molecule has 1 aromatic carbocycles. The van der Waals surface area contributed by atoms with Crippen LogP contribution in [0.15, 0.2) is 36.4 Å². The fourth-order valence-corrected chi connectivity index (χ4v) is 1.47. The summed E-state index contributed by atoms with van der Waals surface area (Å²) in [6, 6.07) is 7.20. The summed E-state index contributed by atoms with van der Waals surface area (Å²) in [5, 5.41) is 5.80. The van der Waals surface area contributed by atoms with Crippen molar-refractivity contribution >= 4 is 11.6 Å². The molecule has 0 spiro atoms. The molecular weight excluding hydrogens is 256 g/mol. The van der Waals surface area contributed by atoms with Crippen LogP contribution < -0.4 is 15.4 Å². The van der Waals surface area contributed by atoms with Crippen molar-refractivity contribution in [1.82, 2.24) is 5.32 Å². The van der Waals surface area contributed by atoms with Gasteiger partial charge in [-0.3, -0.25) is 4.79 Å². The van der Waals surface area contributed by atoms with Crippen molar-refractivity contribution in [2.24, 2.45) is 0 Å². The lowest BCUT2D eigenvalue weighted by Gasteiger charge is -2.08. The quantitative estimate of drug-likeness (QED) is 0.534. The van der Waals surface area contributed by atoms with Gasteiger partial charge in [0.05, 0.1) is 26.9 Å². The van der Waals surface area contributed by atoms with Crippen molar-refractivity contribution in [3.8, 4) is 5.75 Å². The van der Waals surface area contributed by atoms with E-state index in [0.29, 0.717) is 19.8 Å². The van der Waals surface area contributed by atoms with Gasteiger partial charge in [0.1, 0.15) is 5.75 Å². The fraction of sp³-hybridized carbons (Fsp3) is 0.400. The first-order valence-electron chi connectivity index (χ1n) is 6.48. The van der Waals surface area contributed by atoms with Gasteiger partial charge in [0, 0.05) is 12.2 Å². The minimum atomic E-state index is -0.0879. The molecule has 0 aliphatic rings. The van der Waals surface area contributed by atoms with Crippen molar-refractivity contribution in [1.29, 1.82) is 0 Å². The third-order valence-corrected chi connectivity index (χ3v) is 2.43. The lowest BCUT2D eigenvalue weighted by molar-refractivity contribution is -0.115. The van der Waals surface area contributed by atoms with E-state index in [0.717, 1.165) is 17.0 Å². The Kier molecular flexibility index (Phi) is 7.39. The van der Waals surface area contributed by atoms with Gasteiger partial charge in [0.2, 0.25) is 5.91 Å². The Labute approximate surface area is 120 Å². The van der Waals surface area contributed by atoms with Gasteiger partial charge >= 0.3 is 0 Å². The van der Waals surface area contributed by atoms with Crippen LogP contribution in [0.4, 0.5) is 5.69 Å². The van der Waals surface area contributed by atoms with Crippen molar-refractivity contribution in [2.75, 3.05) is 38.7 Å². The minimum absolute atomic E-state index is 0.0879. The third kappa shape index (κ3) is 6.92. The summed E-state index contributed by atoms with van der Waals surface area (Å²) in [6.07, 6.45) is 0. The van der Waals surface area contributed by atoms with E-state index in [4.69, 9.17) is 9.47 Å². The first-order chi connectivity index (χ1) is 9.61. The van der Waals surface area contributed by atoms with Crippen LogP contribution in [0.5, 0.6) is 5.75 Å². The summed E-state index contributed by atoms with van der Waals surface area (Å²) < 4.78 is 10.4. The molecule has 0 aromatic heterocycles. The second kappa shape index (κ2) is 9.12. The number of anilines is 1. The highest BCUT2D eigenvalue weighted by molar-refractivity contribution is 5.92. The zero-order chi connectivity index (χ0) is 14.8. The lowest BCUT2D eigenvalue weighted by Crippen LogP contribution is -2.30. The van der Waals surface area contributed by atoms with Crippen molar-refractivity contribution in [2.45, 2.75) is 6.92 Å². The monoisotopic (exact) mass is 278 g/mol. The molecule has 0 unspecified atom stereocenters. The number of rotatable bonds is 9. The number of nitrogens with one attached hydrogen (secondary N) is 2. The van der Waals surface area contributed by atoms with Crippen molar-refractivity contribution in [3.05, 3.63) is 36.4 Å². The zero-order valence-electron chi connectivity index (χ0n) is 12.1.